The molecule has 0 aromatic heterocycles. The fourth-order valence-corrected chi connectivity index (χ4v) is 0.752. The van der Waals surface area contributed by atoms with Crippen LogP contribution >= 0.6 is 0 Å². The smallest absolute Gasteiger partial charge is 0.100 e. The Morgan fingerprint density at radius 3 is 1.82 bits per heavy atom. The van der Waals surface area contributed by atoms with Crippen LogP contribution in [0.4, 0.5) is 0 Å². The number of methoxy groups -OCH3 is 3. The van der Waals surface area contributed by atoms with Gasteiger partial charge in [-0.15, -0.1) is 0 Å². The topological polar surface area (TPSA) is 30.9 Å². The molecule has 0 saturated heterocycles. The van der Waals surface area contributed by atoms with Gasteiger partial charge in [0.05, 0.1) is 6.61 Å². The molecule has 4 heteroatoms. The zero-order chi connectivity index (χ0) is 8.53. The molecule has 0 aliphatic heterocycles. The van der Waals surface area contributed by atoms with Crippen molar-refractivity contribution in [1.82, 2.24) is 4.90 Å². The molecule has 0 aliphatic rings. The zero-order valence-corrected chi connectivity index (χ0v) is 7.50. The van der Waals surface area contributed by atoms with Crippen molar-refractivity contribution in [1.29, 1.82) is 0 Å². The average molecular weight is 163 g/mol. The van der Waals surface area contributed by atoms with Crippen LogP contribution in [-0.4, -0.2) is 52.8 Å². The molecular weight excluding hydrogens is 146 g/mol. The summed E-state index contributed by atoms with van der Waals surface area (Å²) in [5.41, 5.74) is 0. The van der Waals surface area contributed by atoms with Crippen LogP contribution in [0, 0.1) is 0 Å². The van der Waals surface area contributed by atoms with Crippen molar-refractivity contribution in [3.8, 4) is 0 Å². The highest BCUT2D eigenvalue weighted by Gasteiger charge is 2.01. The molecule has 68 valence electrons. The maximum absolute atomic E-state index is 4.94. The van der Waals surface area contributed by atoms with Crippen molar-refractivity contribution in [3.63, 3.8) is 0 Å². The first-order chi connectivity index (χ1) is 5.35. The van der Waals surface area contributed by atoms with Crippen LogP contribution in [0.25, 0.3) is 0 Å². The molecule has 0 heterocycles. The van der Waals surface area contributed by atoms with Gasteiger partial charge in [0.2, 0.25) is 0 Å². The van der Waals surface area contributed by atoms with Crippen LogP contribution in [-0.2, 0) is 14.2 Å². The third kappa shape index (κ3) is 6.25. The normalized spacial score (nSPS) is 10.9. The average Bonchev–Trinajstić information content (AvgIpc) is 2.01. The lowest BCUT2D eigenvalue weighted by Crippen LogP contribution is -2.31. The van der Waals surface area contributed by atoms with Crippen molar-refractivity contribution < 1.29 is 14.2 Å². The van der Waals surface area contributed by atoms with Gasteiger partial charge in [-0.25, -0.2) is 0 Å². The number of nitrogens with zero attached hydrogens (tertiary/aromatic N) is 1. The summed E-state index contributed by atoms with van der Waals surface area (Å²) >= 11 is 0. The fraction of sp³-hybridized carbons (Fsp3) is 1.00. The molecule has 11 heavy (non-hydrogen) atoms. The van der Waals surface area contributed by atoms with E-state index in [0.717, 1.165) is 6.54 Å². The van der Waals surface area contributed by atoms with Crippen molar-refractivity contribution in [2.24, 2.45) is 0 Å². The first-order valence-corrected chi connectivity index (χ1v) is 3.54. The third-order valence-corrected chi connectivity index (χ3v) is 1.23. The van der Waals surface area contributed by atoms with E-state index in [9.17, 15) is 0 Å². The molecule has 0 N–H and O–H groups in total. The van der Waals surface area contributed by atoms with E-state index in [2.05, 4.69) is 0 Å². The van der Waals surface area contributed by atoms with E-state index in [1.807, 2.05) is 4.90 Å². The van der Waals surface area contributed by atoms with Crippen LogP contribution in [0.2, 0.25) is 0 Å². The van der Waals surface area contributed by atoms with Crippen LogP contribution in [0.1, 0.15) is 0 Å². The molecule has 0 fully saturated rings. The van der Waals surface area contributed by atoms with Gasteiger partial charge in [0.15, 0.2) is 0 Å². The second-order valence-corrected chi connectivity index (χ2v) is 2.22. The monoisotopic (exact) mass is 163 g/mol. The molecule has 0 aromatic carbocycles. The summed E-state index contributed by atoms with van der Waals surface area (Å²) in [4.78, 5) is 2.00. The van der Waals surface area contributed by atoms with Gasteiger partial charge in [-0.2, -0.15) is 0 Å². The van der Waals surface area contributed by atoms with Crippen LogP contribution in [0.3, 0.4) is 0 Å². The second kappa shape index (κ2) is 7.94. The highest BCUT2D eigenvalue weighted by molar-refractivity contribution is 4.44. The van der Waals surface area contributed by atoms with Crippen LogP contribution in [0.5, 0.6) is 0 Å². The summed E-state index contributed by atoms with van der Waals surface area (Å²) in [6.07, 6.45) is 0. The van der Waals surface area contributed by atoms with Gasteiger partial charge in [0, 0.05) is 27.9 Å². The minimum absolute atomic E-state index is 0.581. The standard InChI is InChI=1S/C7H17NO3/c1-9-5-4-8(6-10-2)7-11-3/h4-7H2,1-3H3. The number of hydrogen-bond donors (Lipinski definition) is 0. The highest BCUT2D eigenvalue weighted by atomic mass is 16.5. The minimum atomic E-state index is 0.581. The summed E-state index contributed by atoms with van der Waals surface area (Å²) in [6, 6.07) is 0. The Bertz CT molecular complexity index is 74.1. The molecule has 0 spiro atoms. The van der Waals surface area contributed by atoms with Crippen molar-refractivity contribution >= 4 is 0 Å². The molecule has 0 amide bonds. The molecule has 0 saturated carbocycles. The molecule has 4 nitrogen and oxygen atoms in total. The summed E-state index contributed by atoms with van der Waals surface area (Å²) in [5.74, 6) is 0. The fourth-order valence-electron chi connectivity index (χ4n) is 0.752. The Kier molecular flexibility index (Phi) is 7.83. The van der Waals surface area contributed by atoms with Crippen molar-refractivity contribution in [2.75, 3.05) is 47.9 Å². The zero-order valence-electron chi connectivity index (χ0n) is 7.50. The molecule has 0 aliphatic carbocycles. The van der Waals surface area contributed by atoms with Crippen LogP contribution < -0.4 is 0 Å². The Labute approximate surface area is 68.0 Å². The summed E-state index contributed by atoms with van der Waals surface area (Å²) in [6.45, 7) is 2.69. The molecule has 0 unspecified atom stereocenters. The third-order valence-electron chi connectivity index (χ3n) is 1.23. The van der Waals surface area contributed by atoms with Gasteiger partial charge in [-0.1, -0.05) is 0 Å². The van der Waals surface area contributed by atoms with Gasteiger partial charge in [0.25, 0.3) is 0 Å². The Balaban J connectivity index is 3.34. The number of ether oxygens (including phenoxy) is 3. The van der Waals surface area contributed by atoms with Gasteiger partial charge in [-0.3, -0.25) is 4.90 Å². The Morgan fingerprint density at radius 1 is 0.909 bits per heavy atom. The lowest BCUT2D eigenvalue weighted by Gasteiger charge is -2.19. The lowest BCUT2D eigenvalue weighted by molar-refractivity contribution is -0.0241. The van der Waals surface area contributed by atoms with E-state index in [-0.39, 0.29) is 0 Å². The van der Waals surface area contributed by atoms with Crippen LogP contribution in [0.15, 0.2) is 0 Å². The molecule has 0 radical (unpaired) electrons. The summed E-state index contributed by atoms with van der Waals surface area (Å²) in [5, 5.41) is 0. The minimum Gasteiger partial charge on any atom is -0.383 e. The van der Waals surface area contributed by atoms with E-state index >= 15 is 0 Å². The summed E-state index contributed by atoms with van der Waals surface area (Å²) in [7, 11) is 5.00. The number of hydrogen-bond acceptors (Lipinski definition) is 4. The highest BCUT2D eigenvalue weighted by Crippen LogP contribution is 1.87. The van der Waals surface area contributed by atoms with Crippen molar-refractivity contribution in [3.05, 3.63) is 0 Å². The molecule has 0 rings (SSSR count). The van der Waals surface area contributed by atoms with Crippen molar-refractivity contribution in [2.45, 2.75) is 0 Å². The van der Waals surface area contributed by atoms with Gasteiger partial charge in [0.1, 0.15) is 13.5 Å². The van der Waals surface area contributed by atoms with Gasteiger partial charge >= 0.3 is 0 Å². The SMILES string of the molecule is COCCN(COC)COC. The second-order valence-electron chi connectivity index (χ2n) is 2.22. The predicted octanol–water partition coefficient (Wildman–Crippen LogP) is 0.143. The molecule has 0 aromatic rings. The van der Waals surface area contributed by atoms with Gasteiger partial charge in [-0.05, 0) is 0 Å². The summed E-state index contributed by atoms with van der Waals surface area (Å²) < 4.78 is 14.8. The number of rotatable bonds is 7. The van der Waals surface area contributed by atoms with E-state index < -0.39 is 0 Å². The predicted molar refractivity (Wildman–Crippen MR) is 42.3 cm³/mol. The first-order valence-electron chi connectivity index (χ1n) is 3.54. The van der Waals surface area contributed by atoms with E-state index in [4.69, 9.17) is 14.2 Å². The maximum atomic E-state index is 4.94. The largest absolute Gasteiger partial charge is 0.383 e. The first kappa shape index (κ1) is 10.8. The lowest BCUT2D eigenvalue weighted by atomic mass is 10.6. The molecular formula is C7H17NO3. The quantitative estimate of drug-likeness (QED) is 0.500. The van der Waals surface area contributed by atoms with E-state index in [0.29, 0.717) is 20.1 Å². The Morgan fingerprint density at radius 2 is 1.45 bits per heavy atom. The van der Waals surface area contributed by atoms with Gasteiger partial charge < -0.3 is 14.2 Å². The van der Waals surface area contributed by atoms with E-state index in [1.165, 1.54) is 0 Å². The molecule has 0 atom stereocenters. The maximum Gasteiger partial charge on any atom is 0.100 e. The Hall–Kier alpha value is -0.160. The van der Waals surface area contributed by atoms with E-state index in [1.54, 1.807) is 21.3 Å². The molecule has 0 bridgehead atoms.